The lowest BCUT2D eigenvalue weighted by Crippen LogP contribution is -2.49. The Morgan fingerprint density at radius 3 is 2.65 bits per heavy atom. The maximum absolute atomic E-state index is 3.88. The smallest absolute Gasteiger partial charge is 0.0308 e. The molecule has 1 aromatic carbocycles. The minimum atomic E-state index is 0.459. The number of nitrogens with zero attached hydrogens (tertiary/aromatic N) is 1. The van der Waals surface area contributed by atoms with Gasteiger partial charge in [0.2, 0.25) is 0 Å². The zero-order valence-electron chi connectivity index (χ0n) is 12.4. The van der Waals surface area contributed by atoms with E-state index in [4.69, 9.17) is 0 Å². The summed E-state index contributed by atoms with van der Waals surface area (Å²) in [7, 11) is 0. The van der Waals surface area contributed by atoms with Gasteiger partial charge >= 0.3 is 0 Å². The molecule has 0 radical (unpaired) electrons. The molecule has 3 aliphatic rings. The monoisotopic (exact) mass is 270 g/mol. The third-order valence-corrected chi connectivity index (χ3v) is 5.64. The normalized spacial score (nSPS) is 33.2. The van der Waals surface area contributed by atoms with E-state index < -0.39 is 0 Å². The number of hydrogen-bond acceptors (Lipinski definition) is 2. The summed E-state index contributed by atoms with van der Waals surface area (Å²) in [5, 5.41) is 3.88. The SMILES string of the molecule is c1ccc(C2CC2N2CCCNC3(CCCC3)C2)cc1. The first kappa shape index (κ1) is 12.8. The quantitative estimate of drug-likeness (QED) is 0.888. The van der Waals surface area contributed by atoms with Gasteiger partial charge in [-0.25, -0.2) is 0 Å². The van der Waals surface area contributed by atoms with Crippen molar-refractivity contribution >= 4 is 0 Å². The highest BCUT2D eigenvalue weighted by atomic mass is 15.2. The van der Waals surface area contributed by atoms with Crippen molar-refractivity contribution in [2.45, 2.75) is 56.0 Å². The molecule has 2 aliphatic carbocycles. The molecule has 108 valence electrons. The van der Waals surface area contributed by atoms with Crippen LogP contribution in [0.5, 0.6) is 0 Å². The fraction of sp³-hybridized carbons (Fsp3) is 0.667. The van der Waals surface area contributed by atoms with Crippen LogP contribution in [0.4, 0.5) is 0 Å². The van der Waals surface area contributed by atoms with Crippen LogP contribution in [0.2, 0.25) is 0 Å². The van der Waals surface area contributed by atoms with Gasteiger partial charge in [0.1, 0.15) is 0 Å². The van der Waals surface area contributed by atoms with Gasteiger partial charge in [-0.2, -0.15) is 0 Å². The summed E-state index contributed by atoms with van der Waals surface area (Å²) in [6.07, 6.45) is 8.33. The van der Waals surface area contributed by atoms with Crippen LogP contribution in [0.15, 0.2) is 30.3 Å². The van der Waals surface area contributed by atoms with Gasteiger partial charge in [0, 0.05) is 24.0 Å². The molecule has 1 saturated heterocycles. The van der Waals surface area contributed by atoms with E-state index >= 15 is 0 Å². The molecule has 0 bridgehead atoms. The maximum Gasteiger partial charge on any atom is 0.0308 e. The summed E-state index contributed by atoms with van der Waals surface area (Å²) in [4.78, 5) is 2.81. The van der Waals surface area contributed by atoms with Gasteiger partial charge in [-0.15, -0.1) is 0 Å². The molecule has 2 atom stereocenters. The van der Waals surface area contributed by atoms with Crippen LogP contribution < -0.4 is 5.32 Å². The maximum atomic E-state index is 3.88. The van der Waals surface area contributed by atoms with Crippen molar-refractivity contribution in [1.82, 2.24) is 10.2 Å². The highest BCUT2D eigenvalue weighted by Crippen LogP contribution is 2.46. The lowest BCUT2D eigenvalue weighted by Gasteiger charge is -2.33. The van der Waals surface area contributed by atoms with Crippen LogP contribution >= 0.6 is 0 Å². The summed E-state index contributed by atoms with van der Waals surface area (Å²) < 4.78 is 0. The molecule has 1 aromatic rings. The molecule has 1 heterocycles. The first-order valence-electron chi connectivity index (χ1n) is 8.40. The molecule has 4 rings (SSSR count). The molecule has 2 saturated carbocycles. The molecule has 0 aromatic heterocycles. The molecular formula is C18H26N2. The van der Waals surface area contributed by atoms with E-state index in [1.54, 1.807) is 5.56 Å². The average Bonchev–Trinajstić information content (AvgIpc) is 3.19. The van der Waals surface area contributed by atoms with E-state index in [1.807, 2.05) is 0 Å². The van der Waals surface area contributed by atoms with Crippen LogP contribution in [0, 0.1) is 0 Å². The van der Waals surface area contributed by atoms with Crippen LogP contribution in [0.25, 0.3) is 0 Å². The van der Waals surface area contributed by atoms with Gasteiger partial charge in [0.15, 0.2) is 0 Å². The molecule has 2 heteroatoms. The van der Waals surface area contributed by atoms with Gasteiger partial charge < -0.3 is 5.32 Å². The fourth-order valence-corrected chi connectivity index (χ4v) is 4.47. The molecule has 2 unspecified atom stereocenters. The Labute approximate surface area is 122 Å². The molecule has 2 nitrogen and oxygen atoms in total. The predicted molar refractivity (Wildman–Crippen MR) is 83.0 cm³/mol. The number of hydrogen-bond donors (Lipinski definition) is 1. The highest BCUT2D eigenvalue weighted by Gasteiger charge is 2.46. The zero-order valence-corrected chi connectivity index (χ0v) is 12.4. The summed E-state index contributed by atoms with van der Waals surface area (Å²) in [5.41, 5.74) is 2.01. The first-order chi connectivity index (χ1) is 9.86. The minimum Gasteiger partial charge on any atom is -0.310 e. The van der Waals surface area contributed by atoms with Crippen molar-refractivity contribution in [1.29, 1.82) is 0 Å². The summed E-state index contributed by atoms with van der Waals surface area (Å²) in [6, 6.07) is 11.9. The van der Waals surface area contributed by atoms with Crippen molar-refractivity contribution in [3.63, 3.8) is 0 Å². The Balaban J connectivity index is 1.46. The van der Waals surface area contributed by atoms with Crippen molar-refractivity contribution in [3.05, 3.63) is 35.9 Å². The van der Waals surface area contributed by atoms with Crippen LogP contribution in [-0.2, 0) is 0 Å². The number of benzene rings is 1. The Morgan fingerprint density at radius 1 is 1.05 bits per heavy atom. The van der Waals surface area contributed by atoms with Crippen molar-refractivity contribution in [2.24, 2.45) is 0 Å². The van der Waals surface area contributed by atoms with Gasteiger partial charge in [0.25, 0.3) is 0 Å². The summed E-state index contributed by atoms with van der Waals surface area (Å²) >= 11 is 0. The van der Waals surface area contributed by atoms with Gasteiger partial charge in [0.05, 0.1) is 0 Å². The molecule has 1 aliphatic heterocycles. The van der Waals surface area contributed by atoms with Gasteiger partial charge in [-0.3, -0.25) is 4.90 Å². The van der Waals surface area contributed by atoms with Crippen molar-refractivity contribution in [2.75, 3.05) is 19.6 Å². The van der Waals surface area contributed by atoms with E-state index in [9.17, 15) is 0 Å². The summed E-state index contributed by atoms with van der Waals surface area (Å²) in [5.74, 6) is 0.799. The zero-order chi connectivity index (χ0) is 13.4. The van der Waals surface area contributed by atoms with E-state index in [0.29, 0.717) is 5.54 Å². The van der Waals surface area contributed by atoms with E-state index in [0.717, 1.165) is 12.0 Å². The topological polar surface area (TPSA) is 15.3 Å². The molecule has 1 N–H and O–H groups in total. The third-order valence-electron chi connectivity index (χ3n) is 5.64. The third kappa shape index (κ3) is 2.40. The molecule has 3 fully saturated rings. The second-order valence-electron chi connectivity index (χ2n) is 7.06. The number of rotatable bonds is 2. The van der Waals surface area contributed by atoms with Gasteiger partial charge in [-0.05, 0) is 44.3 Å². The Morgan fingerprint density at radius 2 is 1.85 bits per heavy atom. The lowest BCUT2D eigenvalue weighted by molar-refractivity contribution is 0.199. The minimum absolute atomic E-state index is 0.459. The fourth-order valence-electron chi connectivity index (χ4n) is 4.47. The van der Waals surface area contributed by atoms with E-state index in [-0.39, 0.29) is 0 Å². The largest absolute Gasteiger partial charge is 0.310 e. The van der Waals surface area contributed by atoms with Crippen molar-refractivity contribution < 1.29 is 0 Å². The average molecular weight is 270 g/mol. The van der Waals surface area contributed by atoms with Crippen LogP contribution in [-0.4, -0.2) is 36.1 Å². The Hall–Kier alpha value is -0.860. The Kier molecular flexibility index (Phi) is 3.31. The second kappa shape index (κ2) is 5.16. The molecule has 1 spiro atoms. The molecular weight excluding hydrogens is 244 g/mol. The van der Waals surface area contributed by atoms with Gasteiger partial charge in [-0.1, -0.05) is 43.2 Å². The van der Waals surface area contributed by atoms with E-state index in [1.165, 1.54) is 58.2 Å². The molecule has 20 heavy (non-hydrogen) atoms. The predicted octanol–water partition coefficient (Wildman–Crippen LogP) is 3.15. The van der Waals surface area contributed by atoms with Crippen LogP contribution in [0.3, 0.4) is 0 Å². The van der Waals surface area contributed by atoms with E-state index in [2.05, 4.69) is 40.5 Å². The highest BCUT2D eigenvalue weighted by molar-refractivity contribution is 5.28. The summed E-state index contributed by atoms with van der Waals surface area (Å²) in [6.45, 7) is 3.81. The molecule has 0 amide bonds. The Bertz CT molecular complexity index is 450. The van der Waals surface area contributed by atoms with Crippen LogP contribution in [0.1, 0.15) is 50.0 Å². The lowest BCUT2D eigenvalue weighted by atomic mass is 9.97. The first-order valence-corrected chi connectivity index (χ1v) is 8.40. The standard InChI is InChI=1S/C18H26N2/c1-2-7-15(8-3-1)16-13-17(16)20-12-6-11-19-18(14-20)9-4-5-10-18/h1-3,7-8,16-17,19H,4-6,9-14H2. The second-order valence-corrected chi connectivity index (χ2v) is 7.06. The number of nitrogens with one attached hydrogen (secondary N) is 1. The van der Waals surface area contributed by atoms with Crippen molar-refractivity contribution in [3.8, 4) is 0 Å².